The maximum Gasteiger partial charge on any atom is 2.00 e. The van der Waals surface area contributed by atoms with E-state index in [9.17, 15) is 0 Å². The third-order valence-corrected chi connectivity index (χ3v) is 2.01. The first-order chi connectivity index (χ1) is 5.38. The van der Waals surface area contributed by atoms with Crippen LogP contribution in [0.1, 0.15) is 8.42 Å². The van der Waals surface area contributed by atoms with Crippen LogP contribution >= 0.6 is 0 Å². The van der Waals surface area contributed by atoms with Crippen LogP contribution in [0.4, 0.5) is 0 Å². The van der Waals surface area contributed by atoms with Gasteiger partial charge < -0.3 is 15.3 Å². The summed E-state index contributed by atoms with van der Waals surface area (Å²) in [6.07, 6.45) is 0. The molecule has 0 atom stereocenters. The molecule has 0 radical (unpaired) electrons. The van der Waals surface area contributed by atoms with Gasteiger partial charge in [-0.15, -0.1) is 0 Å². The second-order valence-corrected chi connectivity index (χ2v) is 2.80. The Bertz CT molecular complexity index is 393. The van der Waals surface area contributed by atoms with Gasteiger partial charge in [0.2, 0.25) is 0 Å². The van der Waals surface area contributed by atoms with Gasteiger partial charge in [-0.2, -0.15) is 0 Å². The zero-order chi connectivity index (χ0) is 7.68. The van der Waals surface area contributed by atoms with E-state index in [2.05, 4.69) is 49.4 Å². The normalized spacial score (nSPS) is 8.07. The maximum absolute atomic E-state index is 2.16. The fourth-order valence-corrected chi connectivity index (χ4v) is 1.39. The van der Waals surface area contributed by atoms with E-state index >= 15 is 0 Å². The summed E-state index contributed by atoms with van der Waals surface area (Å²) in [6, 6.07) is 14.8. The Hall–Kier alpha value is 0.354. The molecule has 0 aromatic heterocycles. The third-order valence-electron chi connectivity index (χ3n) is 2.01. The standard InChI is InChI=1S/C11H10.ClH.Li.Mg.2H/c1-9-5-4-7-10-6-2-3-8-11(9)10;;;;;/h2-8H,1H3;1H;;;;/q;;+1;+2;2*-1/p-1. The largest absolute Gasteiger partial charge is 2.00 e. The number of fused-ring (bicyclic) bond motifs is 1. The first kappa shape index (κ1) is 16.8. The molecule has 0 bridgehead atoms. The van der Waals surface area contributed by atoms with Gasteiger partial charge in [-0.3, -0.25) is 0 Å². The van der Waals surface area contributed by atoms with Crippen LogP contribution in [-0.2, 0) is 0 Å². The number of aryl methyl sites for hydroxylation is 1. The molecule has 0 unspecified atom stereocenters. The Labute approximate surface area is 122 Å². The number of hydrogen-bond donors (Lipinski definition) is 0. The molecule has 0 saturated heterocycles. The Morgan fingerprint density at radius 3 is 2.14 bits per heavy atom. The van der Waals surface area contributed by atoms with Crippen molar-refractivity contribution in [1.82, 2.24) is 0 Å². The van der Waals surface area contributed by atoms with Crippen LogP contribution in [0.5, 0.6) is 0 Å². The average Bonchev–Trinajstić information content (AvgIpc) is 2.06. The zero-order valence-corrected chi connectivity index (χ0v) is 10.8. The Morgan fingerprint density at radius 1 is 0.929 bits per heavy atom. The van der Waals surface area contributed by atoms with Gasteiger partial charge in [-0.05, 0) is 23.3 Å². The van der Waals surface area contributed by atoms with Crippen LogP contribution in [-0.4, -0.2) is 23.1 Å². The molecular weight excluding hydrogens is 199 g/mol. The molecule has 0 aliphatic heterocycles. The monoisotopic (exact) mass is 210 g/mol. The van der Waals surface area contributed by atoms with Crippen LogP contribution in [0, 0.1) is 6.92 Å². The van der Waals surface area contributed by atoms with Crippen molar-refractivity contribution in [3.63, 3.8) is 0 Å². The van der Waals surface area contributed by atoms with Crippen molar-refractivity contribution in [2.24, 2.45) is 0 Å². The molecule has 0 heterocycles. The fraction of sp³-hybridized carbons (Fsp3) is 0.0909. The van der Waals surface area contributed by atoms with Gasteiger partial charge in [0, 0.05) is 0 Å². The van der Waals surface area contributed by atoms with Crippen LogP contribution in [0.25, 0.3) is 10.8 Å². The fourth-order valence-electron chi connectivity index (χ4n) is 1.39. The van der Waals surface area contributed by atoms with Gasteiger partial charge in [0.05, 0.1) is 0 Å². The van der Waals surface area contributed by atoms with Crippen LogP contribution in [0.3, 0.4) is 0 Å². The van der Waals surface area contributed by atoms with Crippen molar-refractivity contribution in [2.45, 2.75) is 6.92 Å². The van der Waals surface area contributed by atoms with Crippen molar-refractivity contribution in [2.75, 3.05) is 0 Å². The predicted octanol–water partition coefficient (Wildman–Crippen LogP) is -3.00. The minimum atomic E-state index is 0. The molecule has 0 aliphatic rings. The molecule has 0 spiro atoms. The maximum atomic E-state index is 2.16. The molecule has 2 rings (SSSR count). The SMILES string of the molecule is Cc1cccc2ccccc12.[Cl-].[H-].[H-].[Li+].[Mg+2]. The van der Waals surface area contributed by atoms with E-state index in [1.807, 2.05) is 0 Å². The number of halogens is 1. The summed E-state index contributed by atoms with van der Waals surface area (Å²) in [7, 11) is 0. The summed E-state index contributed by atoms with van der Waals surface area (Å²) in [5.41, 5.74) is 1.35. The van der Waals surface area contributed by atoms with E-state index in [1.165, 1.54) is 16.3 Å². The minimum Gasteiger partial charge on any atom is -1.00 e. The molecule has 0 saturated carbocycles. The minimum absolute atomic E-state index is 0. The van der Waals surface area contributed by atoms with Gasteiger partial charge in [-0.1, -0.05) is 42.5 Å². The number of rotatable bonds is 0. The molecule has 0 N–H and O–H groups in total. The quantitative estimate of drug-likeness (QED) is 0.407. The summed E-state index contributed by atoms with van der Waals surface area (Å²) < 4.78 is 0. The molecule has 0 nitrogen and oxygen atoms in total. The van der Waals surface area contributed by atoms with Crippen LogP contribution in [0.2, 0.25) is 0 Å². The first-order valence-electron chi connectivity index (χ1n) is 3.82. The summed E-state index contributed by atoms with van der Waals surface area (Å²) in [5.74, 6) is 0. The molecule has 2 aromatic carbocycles. The van der Waals surface area contributed by atoms with E-state index < -0.39 is 0 Å². The summed E-state index contributed by atoms with van der Waals surface area (Å²) in [6.45, 7) is 2.14. The van der Waals surface area contributed by atoms with Crippen molar-refractivity contribution >= 4 is 33.8 Å². The molecule has 0 fully saturated rings. The average molecular weight is 211 g/mol. The summed E-state index contributed by atoms with van der Waals surface area (Å²) >= 11 is 0. The van der Waals surface area contributed by atoms with Crippen molar-refractivity contribution in [3.05, 3.63) is 48.0 Å². The smallest absolute Gasteiger partial charge is 1.00 e. The van der Waals surface area contributed by atoms with E-state index in [-0.39, 0.29) is 57.2 Å². The number of benzene rings is 2. The van der Waals surface area contributed by atoms with Crippen molar-refractivity contribution in [3.8, 4) is 0 Å². The van der Waals surface area contributed by atoms with Crippen LogP contribution < -0.4 is 31.3 Å². The van der Waals surface area contributed by atoms with Crippen LogP contribution in [0.15, 0.2) is 42.5 Å². The van der Waals surface area contributed by atoms with Crippen molar-refractivity contribution in [1.29, 1.82) is 0 Å². The molecular formula is C11H12ClLiMg. The second kappa shape index (κ2) is 7.62. The third kappa shape index (κ3) is 3.49. The van der Waals surface area contributed by atoms with E-state index in [4.69, 9.17) is 0 Å². The molecule has 66 valence electrons. The van der Waals surface area contributed by atoms with Gasteiger partial charge in [0.15, 0.2) is 0 Å². The molecule has 2 aromatic rings. The van der Waals surface area contributed by atoms with Gasteiger partial charge in [0.1, 0.15) is 0 Å². The molecule has 0 amide bonds. The Morgan fingerprint density at radius 2 is 1.50 bits per heavy atom. The molecule has 14 heavy (non-hydrogen) atoms. The Kier molecular flexibility index (Phi) is 9.13. The predicted molar refractivity (Wildman–Crippen MR) is 56.7 cm³/mol. The Balaban J connectivity index is -0.000000144. The van der Waals surface area contributed by atoms with Gasteiger partial charge in [-0.25, -0.2) is 0 Å². The topological polar surface area (TPSA) is 0 Å². The van der Waals surface area contributed by atoms with E-state index in [0.717, 1.165) is 0 Å². The number of hydrogen-bond acceptors (Lipinski definition) is 0. The zero-order valence-electron chi connectivity index (χ0n) is 10.6. The summed E-state index contributed by atoms with van der Waals surface area (Å²) in [4.78, 5) is 0. The molecule has 3 heteroatoms. The summed E-state index contributed by atoms with van der Waals surface area (Å²) in [5, 5.41) is 2.68. The van der Waals surface area contributed by atoms with Crippen molar-refractivity contribution < 1.29 is 34.1 Å². The van der Waals surface area contributed by atoms with E-state index in [0.29, 0.717) is 0 Å². The first-order valence-corrected chi connectivity index (χ1v) is 3.82. The van der Waals surface area contributed by atoms with E-state index in [1.54, 1.807) is 0 Å². The molecule has 0 aliphatic carbocycles. The van der Waals surface area contributed by atoms with Gasteiger partial charge in [0.25, 0.3) is 0 Å². The van der Waals surface area contributed by atoms with Gasteiger partial charge >= 0.3 is 41.9 Å². The second-order valence-electron chi connectivity index (χ2n) is 2.80.